The molecule has 7 nitrogen and oxygen atoms in total. The maximum atomic E-state index is 14.3. The smallest absolute Gasteiger partial charge is 0.416 e. The van der Waals surface area contributed by atoms with E-state index >= 15 is 0 Å². The number of hydrogen-bond donors (Lipinski definition) is 2. The molecule has 0 radical (unpaired) electrons. The maximum Gasteiger partial charge on any atom is 0.416 e. The van der Waals surface area contributed by atoms with Crippen LogP contribution in [0, 0.1) is 17.7 Å². The van der Waals surface area contributed by atoms with Crippen molar-refractivity contribution in [2.45, 2.75) is 82.6 Å². The minimum atomic E-state index is -4.40. The third kappa shape index (κ3) is 8.39. The Morgan fingerprint density at radius 3 is 2.30 bits per heavy atom. The van der Waals surface area contributed by atoms with Crippen LogP contribution in [0.5, 0.6) is 0 Å². The zero-order valence-corrected chi connectivity index (χ0v) is 26.5. The van der Waals surface area contributed by atoms with Crippen molar-refractivity contribution in [2.75, 3.05) is 39.3 Å². The number of aliphatic carboxylic acids is 1. The summed E-state index contributed by atoms with van der Waals surface area (Å²) < 4.78 is 52.9. The van der Waals surface area contributed by atoms with E-state index in [1.807, 2.05) is 13.0 Å². The quantitative estimate of drug-likeness (QED) is 0.285. The van der Waals surface area contributed by atoms with Crippen molar-refractivity contribution in [3.8, 4) is 0 Å². The highest BCUT2D eigenvalue weighted by atomic mass is 19.4. The van der Waals surface area contributed by atoms with Gasteiger partial charge in [-0.05, 0) is 79.8 Å². The first-order chi connectivity index (χ1) is 22.0. The number of nitrogens with one attached hydrogen (secondary N) is 1. The zero-order valence-electron chi connectivity index (χ0n) is 26.5. The molecule has 11 heteroatoms. The monoisotopic (exact) mass is 646 g/mol. The third-order valence-corrected chi connectivity index (χ3v) is 10.3. The van der Waals surface area contributed by atoms with Gasteiger partial charge in [-0.1, -0.05) is 43.5 Å². The first kappa shape index (κ1) is 34.2. The van der Waals surface area contributed by atoms with Crippen LogP contribution in [0.4, 0.5) is 22.4 Å². The van der Waals surface area contributed by atoms with Crippen LogP contribution in [0.25, 0.3) is 0 Å². The van der Waals surface area contributed by atoms with Crippen molar-refractivity contribution in [3.05, 3.63) is 71.0 Å². The van der Waals surface area contributed by atoms with Gasteiger partial charge in [0.2, 0.25) is 0 Å². The molecule has 3 fully saturated rings. The minimum Gasteiger partial charge on any atom is -0.480 e. The predicted octanol–water partition coefficient (Wildman–Crippen LogP) is 6.59. The fourth-order valence-electron chi connectivity index (χ4n) is 7.94. The van der Waals surface area contributed by atoms with Crippen molar-refractivity contribution in [1.29, 1.82) is 0 Å². The summed E-state index contributed by atoms with van der Waals surface area (Å²) in [6, 6.07) is 10.8. The van der Waals surface area contributed by atoms with Crippen molar-refractivity contribution in [2.24, 2.45) is 11.8 Å². The number of urea groups is 1. The van der Waals surface area contributed by atoms with Crippen molar-refractivity contribution in [1.82, 2.24) is 20.0 Å². The fourth-order valence-corrected chi connectivity index (χ4v) is 7.94. The predicted molar refractivity (Wildman–Crippen MR) is 168 cm³/mol. The van der Waals surface area contributed by atoms with Gasteiger partial charge >= 0.3 is 18.2 Å². The lowest BCUT2D eigenvalue weighted by Crippen LogP contribution is -2.51. The standard InChI is InChI=1S/C35H46F4N4O3/c1-2-43(34(46)40-20-24-11-13-28(14-12-24)35(37,38)39)30-15-17-41(18-16-30)21-27-22-42(23-31(27)26-9-6-10-29(36)19-26)32(33(44)45)25-7-4-3-5-8-25/h6,9-14,19,25,27,30-32H,2-5,7-8,15-18,20-23H2,1H3,(H,40,46)(H,44,45)/t27-,31+,32+/m0/s1. The number of carboxylic acid groups (broad SMARTS) is 1. The summed E-state index contributed by atoms with van der Waals surface area (Å²) in [5.74, 6) is -0.726. The van der Waals surface area contributed by atoms with Crippen LogP contribution in [-0.4, -0.2) is 83.2 Å². The molecule has 0 aromatic heterocycles. The lowest BCUT2D eigenvalue weighted by atomic mass is 9.83. The fraction of sp³-hybridized carbons (Fsp3) is 0.600. The van der Waals surface area contributed by atoms with Gasteiger partial charge in [0.25, 0.3) is 0 Å². The molecule has 252 valence electrons. The van der Waals surface area contributed by atoms with Crippen LogP contribution in [0.3, 0.4) is 0 Å². The molecule has 0 spiro atoms. The summed E-state index contributed by atoms with van der Waals surface area (Å²) in [4.78, 5) is 32.0. The average molecular weight is 647 g/mol. The summed E-state index contributed by atoms with van der Waals surface area (Å²) in [7, 11) is 0. The van der Waals surface area contributed by atoms with E-state index in [-0.39, 0.29) is 42.2 Å². The van der Waals surface area contributed by atoms with Gasteiger partial charge < -0.3 is 20.2 Å². The Hall–Kier alpha value is -3.18. The van der Waals surface area contributed by atoms with Crippen LogP contribution >= 0.6 is 0 Å². The molecule has 1 aliphatic carbocycles. The molecule has 2 aliphatic heterocycles. The van der Waals surface area contributed by atoms with Crippen LogP contribution in [-0.2, 0) is 17.5 Å². The first-order valence-corrected chi connectivity index (χ1v) is 16.7. The number of alkyl halides is 3. The second kappa shape index (κ2) is 15.2. The van der Waals surface area contributed by atoms with Gasteiger partial charge in [0.1, 0.15) is 11.9 Å². The summed E-state index contributed by atoms with van der Waals surface area (Å²) in [6.07, 6.45) is 2.31. The third-order valence-electron chi connectivity index (χ3n) is 10.3. The number of benzene rings is 2. The van der Waals surface area contributed by atoms with E-state index < -0.39 is 23.8 Å². The SMILES string of the molecule is CCN(C(=O)NCc1ccc(C(F)(F)F)cc1)C1CCN(C[C@H]2CN([C@@H](C(=O)O)C3CCCCC3)C[C@@H]2c2cccc(F)c2)CC1. The molecule has 3 atom stereocenters. The molecule has 2 saturated heterocycles. The average Bonchev–Trinajstić information content (AvgIpc) is 3.44. The topological polar surface area (TPSA) is 76.1 Å². The van der Waals surface area contributed by atoms with E-state index in [4.69, 9.17) is 0 Å². The molecular formula is C35H46F4N4O3. The van der Waals surface area contributed by atoms with Gasteiger partial charge in [-0.15, -0.1) is 0 Å². The van der Waals surface area contributed by atoms with Crippen LogP contribution in [0.1, 0.15) is 74.5 Å². The van der Waals surface area contributed by atoms with E-state index in [0.29, 0.717) is 25.2 Å². The Morgan fingerprint density at radius 1 is 1.00 bits per heavy atom. The zero-order chi connectivity index (χ0) is 32.8. The molecule has 2 amide bonds. The number of carboxylic acids is 1. The Kier molecular flexibility index (Phi) is 11.3. The molecule has 2 N–H and O–H groups in total. The van der Waals surface area contributed by atoms with E-state index in [0.717, 1.165) is 82.3 Å². The van der Waals surface area contributed by atoms with E-state index in [1.54, 1.807) is 17.0 Å². The highest BCUT2D eigenvalue weighted by Gasteiger charge is 2.43. The number of piperidine rings is 1. The number of halogens is 4. The van der Waals surface area contributed by atoms with Gasteiger partial charge in [0.15, 0.2) is 0 Å². The van der Waals surface area contributed by atoms with Crippen LogP contribution in [0.15, 0.2) is 48.5 Å². The summed E-state index contributed by atoms with van der Waals surface area (Å²) in [6.45, 7) is 6.17. The largest absolute Gasteiger partial charge is 0.480 e. The highest BCUT2D eigenvalue weighted by Crippen LogP contribution is 2.39. The van der Waals surface area contributed by atoms with Gasteiger partial charge in [-0.25, -0.2) is 9.18 Å². The second-order valence-corrected chi connectivity index (χ2v) is 13.2. The Bertz CT molecular complexity index is 1310. The van der Waals surface area contributed by atoms with Crippen molar-refractivity contribution in [3.63, 3.8) is 0 Å². The molecule has 3 aliphatic rings. The molecule has 0 bridgehead atoms. The number of carbonyl (C=O) groups excluding carboxylic acids is 1. The molecule has 2 heterocycles. The van der Waals surface area contributed by atoms with Crippen molar-refractivity contribution >= 4 is 12.0 Å². The van der Waals surface area contributed by atoms with E-state index in [2.05, 4.69) is 15.1 Å². The molecule has 1 saturated carbocycles. The van der Waals surface area contributed by atoms with Gasteiger partial charge in [0, 0.05) is 57.8 Å². The van der Waals surface area contributed by atoms with Crippen molar-refractivity contribution < 1.29 is 32.3 Å². The molecule has 0 unspecified atom stereocenters. The maximum absolute atomic E-state index is 14.3. The highest BCUT2D eigenvalue weighted by molar-refractivity contribution is 5.74. The van der Waals surface area contributed by atoms with Gasteiger partial charge in [-0.2, -0.15) is 13.2 Å². The summed E-state index contributed by atoms with van der Waals surface area (Å²) in [5, 5.41) is 13.2. The molecule has 5 rings (SSSR count). The lowest BCUT2D eigenvalue weighted by molar-refractivity contribution is -0.145. The number of rotatable bonds is 10. The molecule has 46 heavy (non-hydrogen) atoms. The number of amides is 2. The first-order valence-electron chi connectivity index (χ1n) is 16.7. The van der Waals surface area contributed by atoms with E-state index in [1.165, 1.54) is 18.2 Å². The summed E-state index contributed by atoms with van der Waals surface area (Å²) in [5.41, 5.74) is 0.791. The van der Waals surface area contributed by atoms with Crippen LogP contribution < -0.4 is 5.32 Å². The number of carbonyl (C=O) groups is 2. The van der Waals surface area contributed by atoms with Crippen LogP contribution in [0.2, 0.25) is 0 Å². The Morgan fingerprint density at radius 2 is 1.70 bits per heavy atom. The van der Waals surface area contributed by atoms with E-state index in [9.17, 15) is 32.3 Å². The lowest BCUT2D eigenvalue weighted by Gasteiger charge is -2.39. The van der Waals surface area contributed by atoms with Gasteiger partial charge in [-0.3, -0.25) is 9.69 Å². The van der Waals surface area contributed by atoms with Gasteiger partial charge in [0.05, 0.1) is 5.56 Å². The number of hydrogen-bond acceptors (Lipinski definition) is 4. The minimum absolute atomic E-state index is 0.0296. The molecule has 2 aromatic rings. The summed E-state index contributed by atoms with van der Waals surface area (Å²) >= 11 is 0. The molecule has 2 aromatic carbocycles. The molecular weight excluding hydrogens is 600 g/mol. The Balaban J connectivity index is 1.19. The number of nitrogens with zero attached hydrogens (tertiary/aromatic N) is 3. The Labute approximate surface area is 268 Å². The normalized spacial score (nSPS) is 22.9. The second-order valence-electron chi connectivity index (χ2n) is 13.2. The number of likely N-dealkylation sites (tertiary alicyclic amines) is 2.